The summed E-state index contributed by atoms with van der Waals surface area (Å²) in [6.45, 7) is 0.479. The van der Waals surface area contributed by atoms with E-state index in [1.54, 1.807) is 18.3 Å². The Labute approximate surface area is 162 Å². The van der Waals surface area contributed by atoms with Gasteiger partial charge in [0.15, 0.2) is 0 Å². The topological polar surface area (TPSA) is 109 Å². The SMILES string of the molecule is O=S(=O)(Cc1cccc(F)c1)NCCNc1cc(Nc2ccccn2)ncn1. The van der Waals surface area contributed by atoms with Gasteiger partial charge in [0.25, 0.3) is 0 Å². The Morgan fingerprint density at radius 1 is 0.893 bits per heavy atom. The Balaban J connectivity index is 1.47. The van der Waals surface area contributed by atoms with Gasteiger partial charge >= 0.3 is 0 Å². The van der Waals surface area contributed by atoms with Crippen molar-refractivity contribution in [3.8, 4) is 0 Å². The molecule has 0 aliphatic carbocycles. The van der Waals surface area contributed by atoms with Crippen molar-refractivity contribution >= 4 is 27.5 Å². The molecule has 146 valence electrons. The number of nitrogens with zero attached hydrogens (tertiary/aromatic N) is 3. The molecule has 0 spiro atoms. The van der Waals surface area contributed by atoms with Crippen LogP contribution in [0.2, 0.25) is 0 Å². The zero-order chi connectivity index (χ0) is 19.8. The number of aromatic nitrogens is 3. The van der Waals surface area contributed by atoms with E-state index >= 15 is 0 Å². The highest BCUT2D eigenvalue weighted by Gasteiger charge is 2.11. The first-order chi connectivity index (χ1) is 13.5. The Kier molecular flexibility index (Phi) is 6.45. The highest BCUT2D eigenvalue weighted by atomic mass is 32.2. The zero-order valence-corrected chi connectivity index (χ0v) is 15.7. The van der Waals surface area contributed by atoms with Gasteiger partial charge in [0.1, 0.15) is 29.6 Å². The van der Waals surface area contributed by atoms with E-state index in [0.29, 0.717) is 29.6 Å². The summed E-state index contributed by atoms with van der Waals surface area (Å²) in [7, 11) is -3.56. The molecule has 0 saturated heterocycles. The predicted molar refractivity (Wildman–Crippen MR) is 105 cm³/mol. The van der Waals surface area contributed by atoms with Crippen LogP contribution in [0.4, 0.5) is 21.8 Å². The third-order valence-electron chi connectivity index (χ3n) is 3.59. The van der Waals surface area contributed by atoms with Crippen LogP contribution in [0, 0.1) is 5.82 Å². The number of hydrogen-bond acceptors (Lipinski definition) is 7. The first kappa shape index (κ1) is 19.6. The maximum atomic E-state index is 13.2. The molecular formula is C18H19FN6O2S. The lowest BCUT2D eigenvalue weighted by Crippen LogP contribution is -2.30. The van der Waals surface area contributed by atoms with Crippen LogP contribution in [0.1, 0.15) is 5.56 Å². The van der Waals surface area contributed by atoms with Crippen LogP contribution in [0.3, 0.4) is 0 Å². The number of sulfonamides is 1. The van der Waals surface area contributed by atoms with Gasteiger partial charge in [-0.3, -0.25) is 0 Å². The average molecular weight is 402 g/mol. The van der Waals surface area contributed by atoms with Crippen LogP contribution in [0.5, 0.6) is 0 Å². The van der Waals surface area contributed by atoms with Crippen LogP contribution >= 0.6 is 0 Å². The molecule has 0 aliphatic rings. The first-order valence-corrected chi connectivity index (χ1v) is 10.1. The minimum Gasteiger partial charge on any atom is -0.369 e. The zero-order valence-electron chi connectivity index (χ0n) is 14.8. The lowest BCUT2D eigenvalue weighted by molar-refractivity contribution is 0.581. The smallest absolute Gasteiger partial charge is 0.215 e. The second-order valence-electron chi connectivity index (χ2n) is 5.84. The van der Waals surface area contributed by atoms with E-state index in [1.807, 2.05) is 18.2 Å². The van der Waals surface area contributed by atoms with Gasteiger partial charge in [0.05, 0.1) is 5.75 Å². The van der Waals surface area contributed by atoms with Gasteiger partial charge in [0.2, 0.25) is 10.0 Å². The van der Waals surface area contributed by atoms with Gasteiger partial charge in [-0.1, -0.05) is 18.2 Å². The molecule has 0 fully saturated rings. The maximum absolute atomic E-state index is 13.2. The third kappa shape index (κ3) is 6.25. The van der Waals surface area contributed by atoms with Crippen molar-refractivity contribution in [2.45, 2.75) is 5.75 Å². The van der Waals surface area contributed by atoms with Gasteiger partial charge in [-0.15, -0.1) is 0 Å². The predicted octanol–water partition coefficient (Wildman–Crippen LogP) is 2.29. The molecule has 0 saturated carbocycles. The van der Waals surface area contributed by atoms with Crippen molar-refractivity contribution < 1.29 is 12.8 Å². The van der Waals surface area contributed by atoms with Gasteiger partial charge in [0, 0.05) is 25.4 Å². The molecular weight excluding hydrogens is 383 g/mol. The van der Waals surface area contributed by atoms with Gasteiger partial charge in [-0.05, 0) is 29.8 Å². The van der Waals surface area contributed by atoms with Crippen molar-refractivity contribution in [2.75, 3.05) is 23.7 Å². The van der Waals surface area contributed by atoms with Gasteiger partial charge in [-0.2, -0.15) is 0 Å². The molecule has 0 bridgehead atoms. The van der Waals surface area contributed by atoms with Crippen LogP contribution in [-0.2, 0) is 15.8 Å². The number of nitrogens with one attached hydrogen (secondary N) is 3. The molecule has 3 aromatic rings. The van der Waals surface area contributed by atoms with E-state index in [9.17, 15) is 12.8 Å². The summed E-state index contributed by atoms with van der Waals surface area (Å²) in [5.41, 5.74) is 0.390. The third-order valence-corrected chi connectivity index (χ3v) is 4.94. The normalized spacial score (nSPS) is 11.2. The summed E-state index contributed by atoms with van der Waals surface area (Å²) in [6.07, 6.45) is 3.06. The summed E-state index contributed by atoms with van der Waals surface area (Å²) in [4.78, 5) is 12.4. The number of pyridine rings is 1. The minimum absolute atomic E-state index is 0.157. The highest BCUT2D eigenvalue weighted by Crippen LogP contribution is 2.13. The maximum Gasteiger partial charge on any atom is 0.215 e. The second kappa shape index (κ2) is 9.20. The summed E-state index contributed by atoms with van der Waals surface area (Å²) in [5.74, 6) is 1.00. The van der Waals surface area contributed by atoms with E-state index in [1.165, 1.54) is 24.5 Å². The molecule has 0 unspecified atom stereocenters. The summed E-state index contributed by atoms with van der Waals surface area (Å²) >= 11 is 0. The minimum atomic E-state index is -3.56. The number of halogens is 1. The molecule has 3 rings (SSSR count). The van der Waals surface area contributed by atoms with Gasteiger partial charge in [-0.25, -0.2) is 32.5 Å². The number of benzene rings is 1. The fourth-order valence-electron chi connectivity index (χ4n) is 2.38. The van der Waals surface area contributed by atoms with E-state index < -0.39 is 15.8 Å². The Hall–Kier alpha value is -3.11. The van der Waals surface area contributed by atoms with Crippen LogP contribution < -0.4 is 15.4 Å². The fourth-order valence-corrected chi connectivity index (χ4v) is 3.52. The Morgan fingerprint density at radius 3 is 2.54 bits per heavy atom. The van der Waals surface area contributed by atoms with E-state index in [-0.39, 0.29) is 12.3 Å². The van der Waals surface area contributed by atoms with Crippen LogP contribution in [0.15, 0.2) is 61.1 Å². The molecule has 1 aromatic carbocycles. The number of hydrogen-bond donors (Lipinski definition) is 3. The number of anilines is 3. The Morgan fingerprint density at radius 2 is 1.75 bits per heavy atom. The molecule has 10 heteroatoms. The standard InChI is InChI=1S/C18H19FN6O2S/c19-15-5-3-4-14(10-15)12-28(26,27)24-9-8-21-17-11-18(23-13-22-17)25-16-6-1-2-7-20-16/h1-7,10-11,13,24H,8-9,12H2,(H2,20,21,22,23,25). The largest absolute Gasteiger partial charge is 0.369 e. The lowest BCUT2D eigenvalue weighted by atomic mass is 10.2. The highest BCUT2D eigenvalue weighted by molar-refractivity contribution is 7.88. The van der Waals surface area contributed by atoms with Crippen LogP contribution in [-0.4, -0.2) is 36.5 Å². The summed E-state index contributed by atoms with van der Waals surface area (Å²) < 4.78 is 39.8. The van der Waals surface area contributed by atoms with E-state index in [4.69, 9.17) is 0 Å². The molecule has 8 nitrogen and oxygen atoms in total. The molecule has 2 aromatic heterocycles. The van der Waals surface area contributed by atoms with Crippen molar-refractivity contribution in [3.05, 3.63) is 72.4 Å². The van der Waals surface area contributed by atoms with Crippen molar-refractivity contribution in [3.63, 3.8) is 0 Å². The lowest BCUT2D eigenvalue weighted by Gasteiger charge is -2.10. The van der Waals surface area contributed by atoms with E-state index in [2.05, 4.69) is 30.3 Å². The van der Waals surface area contributed by atoms with Crippen LogP contribution in [0.25, 0.3) is 0 Å². The first-order valence-electron chi connectivity index (χ1n) is 8.46. The molecule has 3 N–H and O–H groups in total. The summed E-state index contributed by atoms with van der Waals surface area (Å²) in [5, 5.41) is 6.06. The van der Waals surface area contributed by atoms with E-state index in [0.717, 1.165) is 0 Å². The molecule has 0 atom stereocenters. The molecule has 28 heavy (non-hydrogen) atoms. The monoisotopic (exact) mass is 402 g/mol. The molecule has 2 heterocycles. The Bertz CT molecular complexity index is 1020. The summed E-state index contributed by atoms with van der Waals surface area (Å²) in [6, 6.07) is 12.7. The number of rotatable bonds is 9. The van der Waals surface area contributed by atoms with Crippen molar-refractivity contribution in [1.29, 1.82) is 0 Å². The fraction of sp³-hybridized carbons (Fsp3) is 0.167. The average Bonchev–Trinajstić information content (AvgIpc) is 2.66. The van der Waals surface area contributed by atoms with Crippen molar-refractivity contribution in [1.82, 2.24) is 19.7 Å². The molecule has 0 amide bonds. The van der Waals surface area contributed by atoms with Crippen molar-refractivity contribution in [2.24, 2.45) is 0 Å². The van der Waals surface area contributed by atoms with Gasteiger partial charge < -0.3 is 10.6 Å². The quantitative estimate of drug-likeness (QED) is 0.471. The second-order valence-corrected chi connectivity index (χ2v) is 7.65. The molecule has 0 aliphatic heterocycles. The molecule has 0 radical (unpaired) electrons.